The standard InChI is InChI=1S/C25H22BrFN2O2/c26-14-4-3-5-17-8-10-18(11-9-17)15-24(30)29-22-7-2-1-6-21(22)28-25(31)20-13-12-19(27)16-23(20)29/h1-2,6-13,16H,3-5,14-15H2,(H,28,31). The van der Waals surface area contributed by atoms with Crippen LogP contribution >= 0.6 is 15.9 Å². The molecule has 6 heteroatoms. The van der Waals surface area contributed by atoms with Crippen molar-refractivity contribution < 1.29 is 14.0 Å². The Bertz CT molecular complexity index is 1110. The molecule has 1 aliphatic heterocycles. The lowest BCUT2D eigenvalue weighted by atomic mass is 10.0. The monoisotopic (exact) mass is 480 g/mol. The minimum atomic E-state index is -0.503. The average molecular weight is 481 g/mol. The number of nitrogens with one attached hydrogen (secondary N) is 1. The number of fused-ring (bicyclic) bond motifs is 2. The highest BCUT2D eigenvalue weighted by Gasteiger charge is 2.29. The van der Waals surface area contributed by atoms with Gasteiger partial charge in [-0.05, 0) is 60.7 Å². The van der Waals surface area contributed by atoms with Crippen molar-refractivity contribution in [3.05, 3.63) is 89.2 Å². The third kappa shape index (κ3) is 4.69. The number of unbranched alkanes of at least 4 members (excludes halogenated alkanes) is 1. The van der Waals surface area contributed by atoms with Gasteiger partial charge in [-0.1, -0.05) is 52.3 Å². The van der Waals surface area contributed by atoms with Crippen molar-refractivity contribution in [3.8, 4) is 0 Å². The molecular weight excluding hydrogens is 459 g/mol. The number of hydrogen-bond acceptors (Lipinski definition) is 2. The minimum absolute atomic E-state index is 0.139. The first kappa shape index (κ1) is 21.2. The molecule has 3 aromatic rings. The highest BCUT2D eigenvalue weighted by atomic mass is 79.9. The molecule has 1 aliphatic rings. The number of carbonyl (C=O) groups is 2. The van der Waals surface area contributed by atoms with Gasteiger partial charge in [0.05, 0.1) is 29.0 Å². The molecule has 0 aliphatic carbocycles. The van der Waals surface area contributed by atoms with Gasteiger partial charge in [-0.25, -0.2) is 4.39 Å². The fourth-order valence-corrected chi connectivity index (χ4v) is 4.14. The molecule has 4 nitrogen and oxygen atoms in total. The molecule has 0 bridgehead atoms. The zero-order chi connectivity index (χ0) is 21.8. The molecule has 4 rings (SSSR count). The van der Waals surface area contributed by atoms with Gasteiger partial charge in [0.2, 0.25) is 5.91 Å². The summed E-state index contributed by atoms with van der Waals surface area (Å²) < 4.78 is 14.1. The van der Waals surface area contributed by atoms with Crippen LogP contribution < -0.4 is 10.2 Å². The van der Waals surface area contributed by atoms with Gasteiger partial charge in [-0.15, -0.1) is 0 Å². The number of rotatable bonds is 6. The van der Waals surface area contributed by atoms with Gasteiger partial charge >= 0.3 is 0 Å². The first-order valence-corrected chi connectivity index (χ1v) is 11.4. The summed E-state index contributed by atoms with van der Waals surface area (Å²) in [5.74, 6) is -1.11. The summed E-state index contributed by atoms with van der Waals surface area (Å²) in [5, 5.41) is 3.82. The second-order valence-electron chi connectivity index (χ2n) is 7.50. The third-order valence-electron chi connectivity index (χ3n) is 5.32. The number of halogens is 2. The fraction of sp³-hybridized carbons (Fsp3) is 0.200. The molecule has 0 radical (unpaired) electrons. The van der Waals surface area contributed by atoms with Crippen LogP contribution in [0.4, 0.5) is 21.5 Å². The first-order valence-electron chi connectivity index (χ1n) is 10.2. The quantitative estimate of drug-likeness (QED) is 0.346. The van der Waals surface area contributed by atoms with Gasteiger partial charge in [0.25, 0.3) is 5.91 Å². The summed E-state index contributed by atoms with van der Waals surface area (Å²) in [6.07, 6.45) is 3.37. The van der Waals surface area contributed by atoms with E-state index in [1.54, 1.807) is 24.3 Å². The van der Waals surface area contributed by atoms with Crippen LogP contribution in [-0.4, -0.2) is 17.1 Å². The largest absolute Gasteiger partial charge is 0.320 e. The highest BCUT2D eigenvalue weighted by molar-refractivity contribution is 9.09. The molecule has 3 aromatic carbocycles. The number of amides is 2. The molecule has 0 spiro atoms. The normalized spacial score (nSPS) is 12.6. The number of alkyl halides is 1. The van der Waals surface area contributed by atoms with Crippen molar-refractivity contribution in [2.24, 2.45) is 0 Å². The highest BCUT2D eigenvalue weighted by Crippen LogP contribution is 2.38. The predicted molar refractivity (Wildman–Crippen MR) is 125 cm³/mol. The molecule has 0 aromatic heterocycles. The van der Waals surface area contributed by atoms with Gasteiger partial charge < -0.3 is 5.32 Å². The summed E-state index contributed by atoms with van der Waals surface area (Å²) in [7, 11) is 0. The Balaban J connectivity index is 1.65. The topological polar surface area (TPSA) is 49.4 Å². The van der Waals surface area contributed by atoms with Crippen LogP contribution in [0.3, 0.4) is 0 Å². The van der Waals surface area contributed by atoms with E-state index in [1.807, 2.05) is 24.3 Å². The van der Waals surface area contributed by atoms with E-state index >= 15 is 0 Å². The molecule has 2 amide bonds. The summed E-state index contributed by atoms with van der Waals surface area (Å²) >= 11 is 3.45. The van der Waals surface area contributed by atoms with E-state index in [1.165, 1.54) is 28.7 Å². The smallest absolute Gasteiger partial charge is 0.257 e. The van der Waals surface area contributed by atoms with Crippen molar-refractivity contribution in [3.63, 3.8) is 0 Å². The van der Waals surface area contributed by atoms with Crippen molar-refractivity contribution in [1.29, 1.82) is 0 Å². The zero-order valence-corrected chi connectivity index (χ0v) is 18.5. The van der Waals surface area contributed by atoms with E-state index in [-0.39, 0.29) is 29.5 Å². The molecule has 1 N–H and O–H groups in total. The molecule has 158 valence electrons. The SMILES string of the molecule is O=C1Nc2ccccc2N(C(=O)Cc2ccc(CCCCBr)cc2)c2cc(F)ccc21. The van der Waals surface area contributed by atoms with Gasteiger partial charge in [-0.3, -0.25) is 14.5 Å². The van der Waals surface area contributed by atoms with Crippen molar-refractivity contribution in [1.82, 2.24) is 0 Å². The predicted octanol–water partition coefficient (Wildman–Crippen LogP) is 6.02. The number of para-hydroxylation sites is 2. The molecule has 0 saturated heterocycles. The molecule has 0 saturated carbocycles. The Morgan fingerprint density at radius 3 is 2.45 bits per heavy atom. The number of carbonyl (C=O) groups excluding carboxylic acids is 2. The Hall–Kier alpha value is -2.99. The number of anilines is 3. The molecule has 1 heterocycles. The second kappa shape index (κ2) is 9.43. The van der Waals surface area contributed by atoms with Crippen molar-refractivity contribution in [2.75, 3.05) is 15.5 Å². The Labute approximate surface area is 189 Å². The van der Waals surface area contributed by atoms with E-state index in [9.17, 15) is 14.0 Å². The second-order valence-corrected chi connectivity index (χ2v) is 8.29. The van der Waals surface area contributed by atoms with Crippen LogP contribution in [0.2, 0.25) is 0 Å². The van der Waals surface area contributed by atoms with Crippen LogP contribution in [0, 0.1) is 5.82 Å². The molecule has 0 unspecified atom stereocenters. The summed E-state index contributed by atoms with van der Waals surface area (Å²) in [6, 6.07) is 18.9. The Morgan fingerprint density at radius 2 is 1.68 bits per heavy atom. The van der Waals surface area contributed by atoms with Crippen LogP contribution in [0.25, 0.3) is 0 Å². The maximum absolute atomic E-state index is 14.1. The van der Waals surface area contributed by atoms with E-state index in [2.05, 4.69) is 21.2 Å². The van der Waals surface area contributed by atoms with Crippen molar-refractivity contribution in [2.45, 2.75) is 25.7 Å². The van der Waals surface area contributed by atoms with Gasteiger partial charge in [0, 0.05) is 5.33 Å². The molecule has 0 atom stereocenters. The van der Waals surface area contributed by atoms with Gasteiger partial charge in [-0.2, -0.15) is 0 Å². The van der Waals surface area contributed by atoms with Gasteiger partial charge in [0.1, 0.15) is 5.82 Å². The Kier molecular flexibility index (Phi) is 6.47. The molecular formula is C25H22BrFN2O2. The lowest BCUT2D eigenvalue weighted by molar-refractivity contribution is -0.117. The Morgan fingerprint density at radius 1 is 0.935 bits per heavy atom. The third-order valence-corrected chi connectivity index (χ3v) is 5.88. The van der Waals surface area contributed by atoms with Crippen LogP contribution in [-0.2, 0) is 17.6 Å². The average Bonchev–Trinajstić information content (AvgIpc) is 2.88. The molecule has 31 heavy (non-hydrogen) atoms. The maximum Gasteiger partial charge on any atom is 0.257 e. The molecule has 0 fully saturated rings. The van der Waals surface area contributed by atoms with E-state index in [0.29, 0.717) is 11.4 Å². The summed E-state index contributed by atoms with van der Waals surface area (Å²) in [5.41, 5.74) is 3.65. The number of nitrogens with zero attached hydrogens (tertiary/aromatic N) is 1. The zero-order valence-electron chi connectivity index (χ0n) is 16.9. The first-order chi connectivity index (χ1) is 15.1. The van der Waals surface area contributed by atoms with Crippen molar-refractivity contribution >= 4 is 44.8 Å². The van der Waals surface area contributed by atoms with E-state index in [4.69, 9.17) is 0 Å². The number of aryl methyl sites for hydroxylation is 1. The number of hydrogen-bond donors (Lipinski definition) is 1. The minimum Gasteiger partial charge on any atom is -0.320 e. The van der Waals surface area contributed by atoms with Gasteiger partial charge in [0.15, 0.2) is 0 Å². The summed E-state index contributed by atoms with van der Waals surface area (Å²) in [4.78, 5) is 27.5. The van der Waals surface area contributed by atoms with E-state index in [0.717, 1.165) is 30.2 Å². The lowest BCUT2D eigenvalue weighted by Gasteiger charge is -2.24. The summed E-state index contributed by atoms with van der Waals surface area (Å²) in [6.45, 7) is 0. The maximum atomic E-state index is 14.1. The number of benzene rings is 3. The van der Waals surface area contributed by atoms with Crippen LogP contribution in [0.5, 0.6) is 0 Å². The van der Waals surface area contributed by atoms with Crippen LogP contribution in [0.15, 0.2) is 66.7 Å². The van der Waals surface area contributed by atoms with E-state index < -0.39 is 5.82 Å². The fourth-order valence-electron chi connectivity index (χ4n) is 3.75. The van der Waals surface area contributed by atoms with Crippen LogP contribution in [0.1, 0.15) is 34.3 Å². The lowest BCUT2D eigenvalue weighted by Crippen LogP contribution is -2.28.